The fourth-order valence-corrected chi connectivity index (χ4v) is 2.15. The summed E-state index contributed by atoms with van der Waals surface area (Å²) in [5.41, 5.74) is 1.29. The van der Waals surface area contributed by atoms with E-state index in [1.807, 2.05) is 12.1 Å². The molecule has 2 N–H and O–H groups in total. The molecule has 0 saturated heterocycles. The highest BCUT2D eigenvalue weighted by Crippen LogP contribution is 2.29. The van der Waals surface area contributed by atoms with E-state index in [0.29, 0.717) is 23.4 Å². The average molecular weight is 301 g/mol. The molecule has 0 unspecified atom stereocenters. The van der Waals surface area contributed by atoms with Crippen LogP contribution in [0.4, 0.5) is 5.69 Å². The molecule has 1 aromatic carbocycles. The van der Waals surface area contributed by atoms with Crippen molar-refractivity contribution in [1.29, 1.82) is 0 Å². The number of benzene rings is 1. The van der Waals surface area contributed by atoms with Gasteiger partial charge in [-0.05, 0) is 30.7 Å². The van der Waals surface area contributed by atoms with E-state index in [1.54, 1.807) is 18.2 Å². The predicted molar refractivity (Wildman–Crippen MR) is 83.9 cm³/mol. The van der Waals surface area contributed by atoms with Crippen LogP contribution in [0.2, 0.25) is 0 Å². The van der Waals surface area contributed by atoms with E-state index in [1.165, 1.54) is 6.07 Å². The Kier molecular flexibility index (Phi) is 5.36. The molecule has 0 radical (unpaired) electrons. The SMILES string of the molecule is CCCCCC(=O)Nc1ccccc1-c1ccc(C(=O)O)o1. The van der Waals surface area contributed by atoms with E-state index in [2.05, 4.69) is 12.2 Å². The van der Waals surface area contributed by atoms with Crippen LogP contribution in [-0.4, -0.2) is 17.0 Å². The van der Waals surface area contributed by atoms with Crippen molar-refractivity contribution >= 4 is 17.6 Å². The second kappa shape index (κ2) is 7.45. The van der Waals surface area contributed by atoms with Crippen LogP contribution in [0, 0.1) is 0 Å². The number of unbranched alkanes of at least 4 members (excludes halogenated alkanes) is 2. The summed E-state index contributed by atoms with van der Waals surface area (Å²) in [7, 11) is 0. The molecule has 0 bridgehead atoms. The molecular formula is C17H19NO4. The van der Waals surface area contributed by atoms with Gasteiger partial charge in [0.15, 0.2) is 0 Å². The number of furan rings is 1. The summed E-state index contributed by atoms with van der Waals surface area (Å²) in [4.78, 5) is 22.8. The van der Waals surface area contributed by atoms with Gasteiger partial charge in [0.2, 0.25) is 11.7 Å². The molecule has 116 valence electrons. The zero-order valence-electron chi connectivity index (χ0n) is 12.5. The predicted octanol–water partition coefficient (Wildman–Crippen LogP) is 4.16. The first-order valence-electron chi connectivity index (χ1n) is 7.34. The van der Waals surface area contributed by atoms with Gasteiger partial charge in [0.1, 0.15) is 5.76 Å². The molecule has 5 heteroatoms. The number of aromatic carboxylic acids is 1. The van der Waals surface area contributed by atoms with E-state index in [9.17, 15) is 9.59 Å². The Morgan fingerprint density at radius 3 is 2.59 bits per heavy atom. The quantitative estimate of drug-likeness (QED) is 0.752. The number of carbonyl (C=O) groups is 2. The molecule has 1 aromatic heterocycles. The molecule has 0 aliphatic rings. The van der Waals surface area contributed by atoms with Crippen LogP contribution < -0.4 is 5.32 Å². The standard InChI is InChI=1S/C17H19NO4/c1-2-3-4-9-16(19)18-13-8-6-5-7-12(13)14-10-11-15(22-14)17(20)21/h5-8,10-11H,2-4,9H2,1H3,(H,18,19)(H,20,21). The van der Waals surface area contributed by atoms with E-state index < -0.39 is 5.97 Å². The number of para-hydroxylation sites is 1. The monoisotopic (exact) mass is 301 g/mol. The lowest BCUT2D eigenvalue weighted by molar-refractivity contribution is -0.116. The maximum absolute atomic E-state index is 11.9. The van der Waals surface area contributed by atoms with Crippen LogP contribution in [0.15, 0.2) is 40.8 Å². The van der Waals surface area contributed by atoms with Crippen molar-refractivity contribution in [2.45, 2.75) is 32.6 Å². The van der Waals surface area contributed by atoms with Crippen molar-refractivity contribution in [2.75, 3.05) is 5.32 Å². The molecule has 1 heterocycles. The van der Waals surface area contributed by atoms with Gasteiger partial charge in [-0.25, -0.2) is 4.79 Å². The minimum atomic E-state index is -1.12. The molecule has 0 saturated carbocycles. The van der Waals surface area contributed by atoms with E-state index in [-0.39, 0.29) is 11.7 Å². The minimum absolute atomic E-state index is 0.0501. The second-order valence-corrected chi connectivity index (χ2v) is 5.02. The topological polar surface area (TPSA) is 79.5 Å². The summed E-state index contributed by atoms with van der Waals surface area (Å²) in [6.45, 7) is 2.09. The van der Waals surface area contributed by atoms with Crippen molar-refractivity contribution in [3.8, 4) is 11.3 Å². The summed E-state index contributed by atoms with van der Waals surface area (Å²) in [6, 6.07) is 10.2. The fraction of sp³-hybridized carbons (Fsp3) is 0.294. The van der Waals surface area contributed by atoms with Crippen LogP contribution in [0.1, 0.15) is 43.2 Å². The zero-order chi connectivity index (χ0) is 15.9. The Labute approximate surface area is 129 Å². The van der Waals surface area contributed by atoms with Crippen LogP contribution in [0.3, 0.4) is 0 Å². The summed E-state index contributed by atoms with van der Waals surface area (Å²) >= 11 is 0. The van der Waals surface area contributed by atoms with E-state index in [0.717, 1.165) is 19.3 Å². The van der Waals surface area contributed by atoms with Gasteiger partial charge in [0.05, 0.1) is 5.69 Å². The zero-order valence-corrected chi connectivity index (χ0v) is 12.5. The highest BCUT2D eigenvalue weighted by Gasteiger charge is 2.14. The number of rotatable bonds is 7. The van der Waals surface area contributed by atoms with Crippen LogP contribution in [0.5, 0.6) is 0 Å². The summed E-state index contributed by atoms with van der Waals surface area (Å²) in [5, 5.41) is 11.8. The van der Waals surface area contributed by atoms with E-state index in [4.69, 9.17) is 9.52 Å². The van der Waals surface area contributed by atoms with Crippen LogP contribution >= 0.6 is 0 Å². The number of anilines is 1. The van der Waals surface area contributed by atoms with Gasteiger partial charge in [-0.1, -0.05) is 31.9 Å². The maximum atomic E-state index is 11.9. The highest BCUT2D eigenvalue weighted by atomic mass is 16.4. The molecule has 0 fully saturated rings. The molecule has 2 rings (SSSR count). The average Bonchev–Trinajstić information content (AvgIpc) is 2.98. The molecule has 5 nitrogen and oxygen atoms in total. The highest BCUT2D eigenvalue weighted by molar-refractivity contribution is 5.95. The molecule has 0 aliphatic carbocycles. The Morgan fingerprint density at radius 2 is 1.91 bits per heavy atom. The summed E-state index contributed by atoms with van der Waals surface area (Å²) < 4.78 is 5.30. The molecule has 0 spiro atoms. The lowest BCUT2D eigenvalue weighted by atomic mass is 10.1. The van der Waals surface area contributed by atoms with Crippen molar-refractivity contribution < 1.29 is 19.1 Å². The van der Waals surface area contributed by atoms with Crippen molar-refractivity contribution in [3.63, 3.8) is 0 Å². The number of hydrogen-bond donors (Lipinski definition) is 2. The van der Waals surface area contributed by atoms with Gasteiger partial charge >= 0.3 is 5.97 Å². The van der Waals surface area contributed by atoms with Gasteiger partial charge in [0, 0.05) is 12.0 Å². The van der Waals surface area contributed by atoms with Crippen LogP contribution in [-0.2, 0) is 4.79 Å². The maximum Gasteiger partial charge on any atom is 0.371 e. The van der Waals surface area contributed by atoms with E-state index >= 15 is 0 Å². The Hall–Kier alpha value is -2.56. The van der Waals surface area contributed by atoms with Gasteiger partial charge in [-0.2, -0.15) is 0 Å². The van der Waals surface area contributed by atoms with Crippen LogP contribution in [0.25, 0.3) is 11.3 Å². The summed E-state index contributed by atoms with van der Waals surface area (Å²) in [6.07, 6.45) is 3.42. The van der Waals surface area contributed by atoms with Gasteiger partial charge in [-0.15, -0.1) is 0 Å². The fourth-order valence-electron chi connectivity index (χ4n) is 2.15. The Balaban J connectivity index is 2.15. The molecule has 22 heavy (non-hydrogen) atoms. The third-order valence-corrected chi connectivity index (χ3v) is 3.29. The molecule has 1 amide bonds. The Bertz CT molecular complexity index is 660. The number of carboxylic acid groups (broad SMARTS) is 1. The lowest BCUT2D eigenvalue weighted by Crippen LogP contribution is -2.11. The van der Waals surface area contributed by atoms with Gasteiger partial charge in [0.25, 0.3) is 0 Å². The first kappa shape index (κ1) is 15.8. The molecule has 0 aliphatic heterocycles. The third-order valence-electron chi connectivity index (χ3n) is 3.29. The number of nitrogens with one attached hydrogen (secondary N) is 1. The van der Waals surface area contributed by atoms with Crippen molar-refractivity contribution in [1.82, 2.24) is 0 Å². The summed E-state index contributed by atoms with van der Waals surface area (Å²) in [5.74, 6) is -0.876. The minimum Gasteiger partial charge on any atom is -0.475 e. The molecule has 2 aromatic rings. The number of carboxylic acids is 1. The molecular weight excluding hydrogens is 282 g/mol. The Morgan fingerprint density at radius 1 is 1.14 bits per heavy atom. The number of amides is 1. The van der Waals surface area contributed by atoms with Gasteiger partial charge < -0.3 is 14.8 Å². The lowest BCUT2D eigenvalue weighted by Gasteiger charge is -2.09. The smallest absolute Gasteiger partial charge is 0.371 e. The third kappa shape index (κ3) is 3.97. The van der Waals surface area contributed by atoms with Crippen molar-refractivity contribution in [3.05, 3.63) is 42.2 Å². The first-order valence-corrected chi connectivity index (χ1v) is 7.34. The number of carbonyl (C=O) groups excluding carboxylic acids is 1. The second-order valence-electron chi connectivity index (χ2n) is 5.02. The van der Waals surface area contributed by atoms with Gasteiger partial charge in [-0.3, -0.25) is 4.79 Å². The normalized spacial score (nSPS) is 10.4. The first-order chi connectivity index (χ1) is 10.6. The largest absolute Gasteiger partial charge is 0.475 e. The molecule has 0 atom stereocenters. The van der Waals surface area contributed by atoms with Crippen molar-refractivity contribution in [2.24, 2.45) is 0 Å². The number of hydrogen-bond acceptors (Lipinski definition) is 3.